The first-order valence-electron chi connectivity index (χ1n) is 8.35. The molecule has 1 aromatic carbocycles. The molecule has 3 N–H and O–H groups in total. The number of halogens is 1. The summed E-state index contributed by atoms with van der Waals surface area (Å²) in [4.78, 5) is 12.8. The van der Waals surface area contributed by atoms with Gasteiger partial charge in [-0.1, -0.05) is 19.9 Å². The molecule has 0 saturated heterocycles. The molecule has 1 aromatic heterocycles. The molecule has 0 radical (unpaired) electrons. The van der Waals surface area contributed by atoms with Gasteiger partial charge < -0.3 is 15.8 Å². The minimum atomic E-state index is -0.966. The quantitative estimate of drug-likeness (QED) is 0.819. The Hall–Kier alpha value is -2.03. The summed E-state index contributed by atoms with van der Waals surface area (Å²) in [6.45, 7) is 8.45. The zero-order valence-corrected chi connectivity index (χ0v) is 16.2. The highest BCUT2D eigenvalue weighted by Crippen LogP contribution is 2.50. The maximum absolute atomic E-state index is 12.8. The molecule has 2 atom stereocenters. The highest BCUT2D eigenvalue weighted by Gasteiger charge is 2.62. The Labute approximate surface area is 158 Å². The van der Waals surface area contributed by atoms with E-state index in [1.807, 2.05) is 45.9 Å². The molecule has 0 aliphatic heterocycles. The number of rotatable bonds is 5. The highest BCUT2D eigenvalue weighted by molar-refractivity contribution is 6.00. The summed E-state index contributed by atoms with van der Waals surface area (Å²) in [5.41, 5.74) is 7.47. The first-order valence-corrected chi connectivity index (χ1v) is 8.35. The van der Waals surface area contributed by atoms with E-state index in [0.717, 1.165) is 11.3 Å². The van der Waals surface area contributed by atoms with Gasteiger partial charge in [0.1, 0.15) is 11.9 Å². The highest BCUT2D eigenvalue weighted by atomic mass is 35.5. The van der Waals surface area contributed by atoms with Crippen molar-refractivity contribution in [2.24, 2.45) is 11.1 Å². The molecule has 26 heavy (non-hydrogen) atoms. The number of hydrogen-bond acceptors (Lipinski definition) is 6. The van der Waals surface area contributed by atoms with Crippen molar-refractivity contribution in [3.05, 3.63) is 30.1 Å². The lowest BCUT2D eigenvalue weighted by Gasteiger charge is -2.57. The number of hydrogen-bond donors (Lipinski definition) is 2. The van der Waals surface area contributed by atoms with Gasteiger partial charge in [0.2, 0.25) is 5.91 Å². The molecule has 1 aliphatic rings. The molecule has 142 valence electrons. The second-order valence-corrected chi connectivity index (χ2v) is 7.05. The van der Waals surface area contributed by atoms with Crippen LogP contribution in [-0.4, -0.2) is 44.4 Å². The number of benzene rings is 1. The van der Waals surface area contributed by atoms with Crippen LogP contribution in [-0.2, 0) is 9.53 Å². The molecule has 1 heterocycles. The van der Waals surface area contributed by atoms with E-state index in [9.17, 15) is 4.79 Å². The fraction of sp³-hybridized carbons (Fsp3) is 0.529. The Kier molecular flexibility index (Phi) is 5.70. The summed E-state index contributed by atoms with van der Waals surface area (Å²) < 4.78 is 7.24. The fourth-order valence-electron chi connectivity index (χ4n) is 3.27. The third kappa shape index (κ3) is 3.20. The number of anilines is 1. The number of amides is 1. The Morgan fingerprint density at radius 3 is 2.77 bits per heavy atom. The van der Waals surface area contributed by atoms with E-state index < -0.39 is 11.0 Å². The van der Waals surface area contributed by atoms with E-state index in [1.165, 1.54) is 6.33 Å². The van der Waals surface area contributed by atoms with Gasteiger partial charge >= 0.3 is 0 Å². The number of nitrogens with zero attached hydrogens (tertiary/aromatic N) is 4. The van der Waals surface area contributed by atoms with Gasteiger partial charge in [0, 0.05) is 24.1 Å². The molecule has 1 aliphatic carbocycles. The third-order valence-electron chi connectivity index (χ3n) is 5.30. The van der Waals surface area contributed by atoms with E-state index in [4.69, 9.17) is 10.5 Å². The lowest BCUT2D eigenvalue weighted by atomic mass is 9.54. The topological polar surface area (TPSA) is 108 Å². The first kappa shape index (κ1) is 20.3. The Balaban J connectivity index is 0.00000243. The normalized spacial score (nSPS) is 23.7. The number of nitrogens with two attached hydrogens (primary N) is 1. The summed E-state index contributed by atoms with van der Waals surface area (Å²) >= 11 is 0. The fourth-order valence-corrected chi connectivity index (χ4v) is 3.27. The smallest absolute Gasteiger partial charge is 0.245 e. The molecule has 0 bridgehead atoms. The molecule has 0 spiro atoms. The van der Waals surface area contributed by atoms with Crippen LogP contribution in [0.3, 0.4) is 0 Å². The van der Waals surface area contributed by atoms with Gasteiger partial charge in [-0.3, -0.25) is 4.79 Å². The molecular weight excluding hydrogens is 356 g/mol. The van der Waals surface area contributed by atoms with Crippen molar-refractivity contribution in [3.63, 3.8) is 0 Å². The summed E-state index contributed by atoms with van der Waals surface area (Å²) in [6.07, 6.45) is 2.01. The average Bonchev–Trinajstić information content (AvgIpc) is 3.10. The van der Waals surface area contributed by atoms with Crippen molar-refractivity contribution in [3.8, 4) is 5.69 Å². The summed E-state index contributed by atoms with van der Waals surface area (Å²) in [6, 6.07) is 5.58. The van der Waals surface area contributed by atoms with Gasteiger partial charge in [-0.15, -0.1) is 17.5 Å². The van der Waals surface area contributed by atoms with Crippen LogP contribution in [0.4, 0.5) is 5.69 Å². The zero-order valence-electron chi connectivity index (χ0n) is 15.4. The van der Waals surface area contributed by atoms with Crippen LogP contribution in [0.5, 0.6) is 0 Å². The van der Waals surface area contributed by atoms with Gasteiger partial charge in [0.25, 0.3) is 0 Å². The predicted molar refractivity (Wildman–Crippen MR) is 100 cm³/mol. The van der Waals surface area contributed by atoms with Crippen molar-refractivity contribution >= 4 is 24.0 Å². The van der Waals surface area contributed by atoms with Crippen molar-refractivity contribution in [1.82, 2.24) is 20.2 Å². The molecule has 1 amide bonds. The maximum atomic E-state index is 12.8. The number of aromatic nitrogens is 4. The van der Waals surface area contributed by atoms with Gasteiger partial charge in [0.15, 0.2) is 0 Å². The number of tetrazole rings is 1. The number of carbonyl (C=O) groups is 1. The van der Waals surface area contributed by atoms with E-state index in [-0.39, 0.29) is 24.4 Å². The van der Waals surface area contributed by atoms with Crippen LogP contribution < -0.4 is 11.1 Å². The summed E-state index contributed by atoms with van der Waals surface area (Å²) in [5.74, 6) is -0.208. The molecule has 1 fully saturated rings. The average molecular weight is 381 g/mol. The zero-order chi connectivity index (χ0) is 18.2. The number of nitrogens with one attached hydrogen (secondary N) is 1. The molecule has 2 aromatic rings. The van der Waals surface area contributed by atoms with Crippen LogP contribution in [0.2, 0.25) is 0 Å². The van der Waals surface area contributed by atoms with Crippen molar-refractivity contribution in [2.75, 3.05) is 11.9 Å². The second-order valence-electron chi connectivity index (χ2n) is 7.05. The maximum Gasteiger partial charge on any atom is 0.245 e. The number of carbonyl (C=O) groups excluding carboxylic acids is 1. The van der Waals surface area contributed by atoms with Gasteiger partial charge in [-0.05, 0) is 42.0 Å². The molecule has 9 heteroatoms. The minimum absolute atomic E-state index is 0. The molecule has 1 saturated carbocycles. The SMILES string of the molecule is CCOC1CC(N)(C(=O)Nc2ccc(C)c(-n3cnnn3)c2)C1(C)C.Cl. The molecular formula is C17H25ClN6O2. The van der Waals surface area contributed by atoms with Crippen LogP contribution >= 0.6 is 12.4 Å². The first-order chi connectivity index (χ1) is 11.8. The number of aryl methyl sites for hydroxylation is 1. The van der Waals surface area contributed by atoms with Crippen LogP contribution in [0.1, 0.15) is 32.8 Å². The van der Waals surface area contributed by atoms with E-state index in [1.54, 1.807) is 4.68 Å². The van der Waals surface area contributed by atoms with Crippen molar-refractivity contribution in [1.29, 1.82) is 0 Å². The monoisotopic (exact) mass is 380 g/mol. The molecule has 3 rings (SSSR count). The molecule has 8 nitrogen and oxygen atoms in total. The Morgan fingerprint density at radius 1 is 1.46 bits per heavy atom. The van der Waals surface area contributed by atoms with Crippen LogP contribution in [0.25, 0.3) is 5.69 Å². The van der Waals surface area contributed by atoms with E-state index in [0.29, 0.717) is 18.7 Å². The van der Waals surface area contributed by atoms with E-state index in [2.05, 4.69) is 20.8 Å². The predicted octanol–water partition coefficient (Wildman–Crippen LogP) is 1.86. The van der Waals surface area contributed by atoms with Gasteiger partial charge in [-0.2, -0.15) is 0 Å². The van der Waals surface area contributed by atoms with Crippen LogP contribution in [0.15, 0.2) is 24.5 Å². The minimum Gasteiger partial charge on any atom is -0.378 e. The largest absolute Gasteiger partial charge is 0.378 e. The van der Waals surface area contributed by atoms with Crippen molar-refractivity contribution < 1.29 is 9.53 Å². The second kappa shape index (κ2) is 7.30. The van der Waals surface area contributed by atoms with Gasteiger partial charge in [0.05, 0.1) is 11.8 Å². The van der Waals surface area contributed by atoms with Crippen molar-refractivity contribution in [2.45, 2.75) is 45.8 Å². The molecule has 2 unspecified atom stereocenters. The summed E-state index contributed by atoms with van der Waals surface area (Å²) in [5, 5.41) is 14.1. The lowest BCUT2D eigenvalue weighted by Crippen LogP contribution is -2.74. The Morgan fingerprint density at radius 2 is 2.19 bits per heavy atom. The summed E-state index contributed by atoms with van der Waals surface area (Å²) in [7, 11) is 0. The number of ether oxygens (including phenoxy) is 1. The lowest BCUT2D eigenvalue weighted by molar-refractivity contribution is -0.166. The standard InChI is InChI=1S/C17H24N6O2.ClH/c1-5-25-14-9-17(18,16(14,3)4)15(24)20-12-7-6-11(2)13(8-12)23-10-19-21-22-23;/h6-8,10,14H,5,9,18H2,1-4H3,(H,20,24);1H. The van der Waals surface area contributed by atoms with Crippen LogP contribution in [0, 0.1) is 12.3 Å². The van der Waals surface area contributed by atoms with E-state index >= 15 is 0 Å². The Bertz CT molecular complexity index is 780. The van der Waals surface area contributed by atoms with Gasteiger partial charge in [-0.25, -0.2) is 4.68 Å². The third-order valence-corrected chi connectivity index (χ3v) is 5.30.